The van der Waals surface area contributed by atoms with E-state index < -0.39 is 0 Å². The Hall–Kier alpha value is -1.50. The van der Waals surface area contributed by atoms with E-state index in [2.05, 4.69) is 28.4 Å². The maximum Gasteiger partial charge on any atom is 0.290 e. The molecule has 5 nitrogen and oxygen atoms in total. The van der Waals surface area contributed by atoms with Gasteiger partial charge in [-0.05, 0) is 60.6 Å². The lowest BCUT2D eigenvalue weighted by Crippen LogP contribution is -2.43. The van der Waals surface area contributed by atoms with Gasteiger partial charge in [-0.1, -0.05) is 37.5 Å². The average molecular weight is 422 g/mol. The molecule has 3 N–H and O–H groups in total. The summed E-state index contributed by atoms with van der Waals surface area (Å²) in [6.45, 7) is 1.84. The van der Waals surface area contributed by atoms with Gasteiger partial charge in [0, 0.05) is 24.8 Å². The summed E-state index contributed by atoms with van der Waals surface area (Å²) in [7, 11) is 0. The van der Waals surface area contributed by atoms with Crippen molar-refractivity contribution in [3.05, 3.63) is 34.2 Å². The highest BCUT2D eigenvalue weighted by Crippen LogP contribution is 2.41. The molecule has 1 aromatic rings. The maximum absolute atomic E-state index is 12.1. The van der Waals surface area contributed by atoms with E-state index in [1.165, 1.54) is 43.4 Å². The minimum absolute atomic E-state index is 0. The second kappa shape index (κ2) is 9.33. The summed E-state index contributed by atoms with van der Waals surface area (Å²) < 4.78 is 0. The number of hydrogen-bond donors (Lipinski definition) is 2. The van der Waals surface area contributed by atoms with Crippen LogP contribution in [0.5, 0.6) is 0 Å². The zero-order valence-electron chi connectivity index (χ0n) is 16.0. The number of amides is 2. The molecule has 0 bridgehead atoms. The number of carbonyl (C=O) groups excluding carboxylic acids is 2. The summed E-state index contributed by atoms with van der Waals surface area (Å²) in [5, 5.41) is 2.06. The number of halogens is 1. The van der Waals surface area contributed by atoms with Crippen LogP contribution in [0.25, 0.3) is 6.08 Å². The molecule has 28 heavy (non-hydrogen) atoms. The fourth-order valence-electron chi connectivity index (χ4n) is 4.58. The van der Waals surface area contributed by atoms with E-state index in [4.69, 9.17) is 5.73 Å². The second-order valence-electron chi connectivity index (χ2n) is 7.82. The lowest BCUT2D eigenvalue weighted by atomic mass is 9.82. The Morgan fingerprint density at radius 2 is 1.89 bits per heavy atom. The summed E-state index contributed by atoms with van der Waals surface area (Å²) >= 11 is 0.984. The fourth-order valence-corrected chi connectivity index (χ4v) is 5.25. The monoisotopic (exact) mass is 421 g/mol. The Morgan fingerprint density at radius 3 is 2.57 bits per heavy atom. The highest BCUT2D eigenvalue weighted by atomic mass is 35.5. The SMILES string of the molecule is Cl.N[C@@H]1CCCN(c2c(C=C3SC(=O)NC3=O)cccc2C2CCCCC2)C1. The van der Waals surface area contributed by atoms with E-state index in [0.29, 0.717) is 10.8 Å². The normalized spacial score (nSPS) is 25.0. The summed E-state index contributed by atoms with van der Waals surface area (Å²) in [5.74, 6) is 0.270. The molecular formula is C21H28ClN3O2S. The number of piperidine rings is 1. The molecule has 2 aliphatic heterocycles. The third-order valence-corrected chi connectivity index (χ3v) is 6.66. The van der Waals surface area contributed by atoms with E-state index in [-0.39, 0.29) is 29.6 Å². The Balaban J connectivity index is 0.00000225. The molecule has 0 radical (unpaired) electrons. The molecule has 1 saturated carbocycles. The Kier molecular flexibility index (Phi) is 7.07. The summed E-state index contributed by atoms with van der Waals surface area (Å²) in [6.07, 6.45) is 10.4. The highest BCUT2D eigenvalue weighted by molar-refractivity contribution is 8.18. The topological polar surface area (TPSA) is 75.4 Å². The first-order valence-corrected chi connectivity index (χ1v) is 10.8. The predicted octanol–water partition coefficient (Wildman–Crippen LogP) is 4.41. The van der Waals surface area contributed by atoms with Gasteiger partial charge in [0.25, 0.3) is 11.1 Å². The molecule has 2 heterocycles. The molecule has 1 aromatic carbocycles. The fraction of sp³-hybridized carbons (Fsp3) is 0.524. The van der Waals surface area contributed by atoms with Gasteiger partial charge >= 0.3 is 0 Å². The number of thioether (sulfide) groups is 1. The number of benzene rings is 1. The van der Waals surface area contributed by atoms with E-state index in [1.54, 1.807) is 0 Å². The number of anilines is 1. The van der Waals surface area contributed by atoms with Crippen molar-refractivity contribution >= 4 is 47.1 Å². The molecule has 0 aromatic heterocycles. The van der Waals surface area contributed by atoms with Crippen molar-refractivity contribution in [2.45, 2.75) is 56.9 Å². The first-order valence-electron chi connectivity index (χ1n) is 10.00. The van der Waals surface area contributed by atoms with Crippen molar-refractivity contribution in [3.8, 4) is 0 Å². The van der Waals surface area contributed by atoms with Crippen LogP contribution >= 0.6 is 24.2 Å². The molecule has 7 heteroatoms. The van der Waals surface area contributed by atoms with Gasteiger partial charge in [-0.15, -0.1) is 12.4 Å². The molecule has 3 aliphatic rings. The molecule has 2 saturated heterocycles. The van der Waals surface area contributed by atoms with Crippen LogP contribution in [0, 0.1) is 0 Å². The van der Waals surface area contributed by atoms with Gasteiger partial charge in [-0.25, -0.2) is 0 Å². The van der Waals surface area contributed by atoms with E-state index in [1.807, 2.05) is 6.08 Å². The number of nitrogens with zero attached hydrogens (tertiary/aromatic N) is 1. The Labute approximate surface area is 176 Å². The van der Waals surface area contributed by atoms with E-state index >= 15 is 0 Å². The molecule has 2 amide bonds. The lowest BCUT2D eigenvalue weighted by molar-refractivity contribution is -0.115. The average Bonchev–Trinajstić information content (AvgIpc) is 2.99. The quantitative estimate of drug-likeness (QED) is 0.707. The molecular weight excluding hydrogens is 394 g/mol. The zero-order chi connectivity index (χ0) is 18.8. The van der Waals surface area contributed by atoms with Gasteiger partial charge in [0.2, 0.25) is 0 Å². The third-order valence-electron chi connectivity index (χ3n) is 5.85. The largest absolute Gasteiger partial charge is 0.369 e. The first kappa shape index (κ1) is 21.2. The smallest absolute Gasteiger partial charge is 0.290 e. The van der Waals surface area contributed by atoms with Gasteiger partial charge in [0.1, 0.15) is 0 Å². The molecule has 0 spiro atoms. The van der Waals surface area contributed by atoms with E-state index in [0.717, 1.165) is 43.3 Å². The minimum atomic E-state index is -0.297. The standard InChI is InChI=1S/C21H27N3O2S.ClH/c22-16-9-5-11-24(13-16)19-15(12-18-20(25)23-21(26)27-18)8-4-10-17(19)14-6-2-1-3-7-14;/h4,8,10,12,14,16H,1-3,5-7,9,11,13,22H2,(H,23,25,26);1H/t16-;/m1./s1. The van der Waals surface area contributed by atoms with Gasteiger partial charge < -0.3 is 10.6 Å². The number of nitrogens with two attached hydrogens (primary N) is 1. The van der Waals surface area contributed by atoms with Crippen LogP contribution in [0.1, 0.15) is 62.0 Å². The predicted molar refractivity (Wildman–Crippen MR) is 118 cm³/mol. The second-order valence-corrected chi connectivity index (χ2v) is 8.84. The highest BCUT2D eigenvalue weighted by Gasteiger charge is 2.28. The van der Waals surface area contributed by atoms with Crippen molar-refractivity contribution in [2.24, 2.45) is 5.73 Å². The van der Waals surface area contributed by atoms with Crippen LogP contribution in [-0.2, 0) is 4.79 Å². The summed E-state index contributed by atoms with van der Waals surface area (Å²) in [4.78, 5) is 26.5. The molecule has 0 unspecified atom stereocenters. The molecule has 1 atom stereocenters. The van der Waals surface area contributed by atoms with Crippen LogP contribution in [0.4, 0.5) is 10.5 Å². The van der Waals surface area contributed by atoms with E-state index in [9.17, 15) is 9.59 Å². The number of nitrogens with one attached hydrogen (secondary N) is 1. The van der Waals surface area contributed by atoms with Crippen molar-refractivity contribution in [2.75, 3.05) is 18.0 Å². The van der Waals surface area contributed by atoms with Crippen molar-refractivity contribution in [1.29, 1.82) is 0 Å². The van der Waals surface area contributed by atoms with Gasteiger partial charge in [-0.2, -0.15) is 0 Å². The molecule has 1 aliphatic carbocycles. The number of hydrogen-bond acceptors (Lipinski definition) is 5. The number of carbonyl (C=O) groups is 2. The Morgan fingerprint density at radius 1 is 1.11 bits per heavy atom. The number of rotatable bonds is 3. The Bertz CT molecular complexity index is 777. The van der Waals surface area contributed by atoms with Crippen molar-refractivity contribution in [1.82, 2.24) is 5.32 Å². The third kappa shape index (κ3) is 4.56. The molecule has 4 rings (SSSR count). The zero-order valence-corrected chi connectivity index (χ0v) is 17.6. The molecule has 152 valence electrons. The van der Waals surface area contributed by atoms with Crippen LogP contribution in [-0.4, -0.2) is 30.3 Å². The van der Waals surface area contributed by atoms with Crippen LogP contribution in [0.3, 0.4) is 0 Å². The van der Waals surface area contributed by atoms with Gasteiger partial charge in [0.15, 0.2) is 0 Å². The maximum atomic E-state index is 12.1. The molecule has 3 fully saturated rings. The summed E-state index contributed by atoms with van der Waals surface area (Å²) in [5.41, 5.74) is 9.91. The van der Waals surface area contributed by atoms with Gasteiger partial charge in [0.05, 0.1) is 4.91 Å². The first-order chi connectivity index (χ1) is 13.1. The van der Waals surface area contributed by atoms with Crippen molar-refractivity contribution in [3.63, 3.8) is 0 Å². The van der Waals surface area contributed by atoms with Crippen LogP contribution in [0.2, 0.25) is 0 Å². The minimum Gasteiger partial charge on any atom is -0.369 e. The van der Waals surface area contributed by atoms with Crippen molar-refractivity contribution < 1.29 is 9.59 Å². The van der Waals surface area contributed by atoms with Crippen LogP contribution in [0.15, 0.2) is 23.1 Å². The summed E-state index contributed by atoms with van der Waals surface area (Å²) in [6, 6.07) is 6.58. The number of para-hydroxylation sites is 1. The number of imide groups is 1. The van der Waals surface area contributed by atoms with Gasteiger partial charge in [-0.3, -0.25) is 14.9 Å². The lowest BCUT2D eigenvalue weighted by Gasteiger charge is -2.37. The van der Waals surface area contributed by atoms with Crippen LogP contribution < -0.4 is 16.0 Å².